The van der Waals surface area contributed by atoms with E-state index in [0.717, 1.165) is 5.56 Å². The quantitative estimate of drug-likeness (QED) is 0.820. The molecule has 0 aromatic heterocycles. The molecule has 1 N–H and O–H groups in total. The highest BCUT2D eigenvalue weighted by atomic mass is 79.9. The fraction of sp³-hybridized carbons (Fsp3) is 0.300. The van der Waals surface area contributed by atoms with Gasteiger partial charge < -0.3 is 5.32 Å². The van der Waals surface area contributed by atoms with Crippen LogP contribution in [0.2, 0.25) is 0 Å². The van der Waals surface area contributed by atoms with Crippen molar-refractivity contribution >= 4 is 43.5 Å². The monoisotopic (exact) mass is 337 g/mol. The minimum atomic E-state index is -0.391. The number of halogens is 3. The van der Waals surface area contributed by atoms with Crippen LogP contribution in [-0.2, 0) is 4.79 Å². The van der Waals surface area contributed by atoms with Gasteiger partial charge in [0.05, 0.1) is 9.30 Å². The topological polar surface area (TPSA) is 29.1 Å². The molecule has 0 fully saturated rings. The van der Waals surface area contributed by atoms with Crippen LogP contribution in [0.4, 0.5) is 10.1 Å². The third kappa shape index (κ3) is 3.28. The number of hydrogen-bond donors (Lipinski definition) is 1. The van der Waals surface area contributed by atoms with Crippen molar-refractivity contribution in [2.75, 3.05) is 5.32 Å². The van der Waals surface area contributed by atoms with E-state index in [2.05, 4.69) is 37.2 Å². The lowest BCUT2D eigenvalue weighted by Gasteiger charge is -2.10. The lowest BCUT2D eigenvalue weighted by molar-refractivity contribution is -0.115. The van der Waals surface area contributed by atoms with Crippen LogP contribution in [0.1, 0.15) is 12.5 Å². The van der Waals surface area contributed by atoms with Gasteiger partial charge in [-0.1, -0.05) is 15.9 Å². The summed E-state index contributed by atoms with van der Waals surface area (Å²) in [5, 5.41) is 2.63. The molecule has 0 radical (unpaired) electrons. The maximum Gasteiger partial charge on any atom is 0.237 e. The van der Waals surface area contributed by atoms with Gasteiger partial charge in [0.1, 0.15) is 5.82 Å². The fourth-order valence-corrected chi connectivity index (χ4v) is 1.59. The van der Waals surface area contributed by atoms with Gasteiger partial charge in [-0.05, 0) is 47.5 Å². The average Bonchev–Trinajstić information content (AvgIpc) is 2.13. The molecule has 0 aliphatic carbocycles. The molecular weight excluding hydrogens is 329 g/mol. The van der Waals surface area contributed by atoms with Crippen LogP contribution in [0.5, 0.6) is 0 Å². The number of hydrogen-bond acceptors (Lipinski definition) is 1. The van der Waals surface area contributed by atoms with Crippen LogP contribution >= 0.6 is 31.9 Å². The van der Waals surface area contributed by atoms with Crippen LogP contribution < -0.4 is 5.32 Å². The van der Waals surface area contributed by atoms with Crippen LogP contribution in [0.25, 0.3) is 0 Å². The standard InChI is InChI=1S/C10H10Br2FNO/c1-5-3-7(12)8(13)4-9(5)14-10(15)6(2)11/h3-4,6H,1-2H3,(H,14,15). The van der Waals surface area contributed by atoms with Crippen molar-refractivity contribution in [1.82, 2.24) is 0 Å². The SMILES string of the molecule is Cc1cc(Br)c(F)cc1NC(=O)C(C)Br. The third-order valence-corrected chi connectivity index (χ3v) is 2.91. The fourth-order valence-electron chi connectivity index (χ4n) is 1.01. The van der Waals surface area contributed by atoms with Gasteiger partial charge in [0.15, 0.2) is 0 Å². The smallest absolute Gasteiger partial charge is 0.237 e. The third-order valence-electron chi connectivity index (χ3n) is 1.89. The van der Waals surface area contributed by atoms with Gasteiger partial charge in [-0.15, -0.1) is 0 Å². The molecular formula is C10H10Br2FNO. The molecule has 1 amide bonds. The van der Waals surface area contributed by atoms with Crippen molar-refractivity contribution in [3.05, 3.63) is 28.0 Å². The summed E-state index contributed by atoms with van der Waals surface area (Å²) in [6.07, 6.45) is 0. The molecule has 82 valence electrons. The minimum Gasteiger partial charge on any atom is -0.325 e. The van der Waals surface area contributed by atoms with E-state index >= 15 is 0 Å². The molecule has 1 aromatic rings. The van der Waals surface area contributed by atoms with Gasteiger partial charge in [-0.3, -0.25) is 4.79 Å². The maximum absolute atomic E-state index is 13.2. The Morgan fingerprint density at radius 2 is 2.13 bits per heavy atom. The number of alkyl halides is 1. The first-order valence-electron chi connectivity index (χ1n) is 4.32. The van der Waals surface area contributed by atoms with E-state index in [1.54, 1.807) is 19.9 Å². The molecule has 0 heterocycles. The number of aryl methyl sites for hydroxylation is 1. The van der Waals surface area contributed by atoms with Gasteiger partial charge >= 0.3 is 0 Å². The van der Waals surface area contributed by atoms with Crippen molar-refractivity contribution in [1.29, 1.82) is 0 Å². The number of rotatable bonds is 2. The number of nitrogens with one attached hydrogen (secondary N) is 1. The van der Waals surface area contributed by atoms with Gasteiger partial charge in [0.2, 0.25) is 5.91 Å². The lowest BCUT2D eigenvalue weighted by Crippen LogP contribution is -2.20. The molecule has 0 saturated carbocycles. The van der Waals surface area contributed by atoms with Gasteiger partial charge in [-0.25, -0.2) is 4.39 Å². The van der Waals surface area contributed by atoms with E-state index in [-0.39, 0.29) is 10.7 Å². The number of carbonyl (C=O) groups excluding carboxylic acids is 1. The largest absolute Gasteiger partial charge is 0.325 e. The summed E-state index contributed by atoms with van der Waals surface area (Å²) in [5.74, 6) is -0.585. The Morgan fingerprint density at radius 3 is 2.67 bits per heavy atom. The Labute approximate surface area is 105 Å². The normalized spacial score (nSPS) is 12.3. The Hall–Kier alpha value is -0.420. The first-order chi connectivity index (χ1) is 6.91. The maximum atomic E-state index is 13.2. The summed E-state index contributed by atoms with van der Waals surface area (Å²) in [6, 6.07) is 2.93. The molecule has 0 spiro atoms. The molecule has 1 atom stereocenters. The summed E-state index contributed by atoms with van der Waals surface area (Å²) < 4.78 is 13.6. The minimum absolute atomic E-state index is 0.195. The summed E-state index contributed by atoms with van der Waals surface area (Å²) in [5.41, 5.74) is 1.30. The van der Waals surface area contributed by atoms with E-state index < -0.39 is 5.82 Å². The predicted molar refractivity (Wildman–Crippen MR) is 65.9 cm³/mol. The highest BCUT2D eigenvalue weighted by Crippen LogP contribution is 2.24. The van der Waals surface area contributed by atoms with Gasteiger partial charge in [-0.2, -0.15) is 0 Å². The zero-order valence-electron chi connectivity index (χ0n) is 8.27. The summed E-state index contributed by atoms with van der Waals surface area (Å²) in [7, 11) is 0. The van der Waals surface area contributed by atoms with Crippen LogP contribution in [-0.4, -0.2) is 10.7 Å². The van der Waals surface area contributed by atoms with E-state index in [1.165, 1.54) is 6.07 Å². The molecule has 1 rings (SSSR count). The number of anilines is 1. The Bertz CT molecular complexity index is 393. The molecule has 0 saturated heterocycles. The molecule has 0 aliphatic rings. The zero-order valence-corrected chi connectivity index (χ0v) is 11.4. The second-order valence-corrected chi connectivity index (χ2v) is 5.41. The summed E-state index contributed by atoms with van der Waals surface area (Å²) in [4.78, 5) is 11.1. The van der Waals surface area contributed by atoms with Crippen LogP contribution in [0.15, 0.2) is 16.6 Å². The molecule has 2 nitrogen and oxygen atoms in total. The highest BCUT2D eigenvalue weighted by molar-refractivity contribution is 9.10. The summed E-state index contributed by atoms with van der Waals surface area (Å²) >= 11 is 6.22. The Balaban J connectivity index is 2.96. The van der Waals surface area contributed by atoms with Crippen molar-refractivity contribution in [3.8, 4) is 0 Å². The molecule has 1 aromatic carbocycles. The summed E-state index contributed by atoms with van der Waals surface area (Å²) in [6.45, 7) is 3.51. The Kier molecular flexibility index (Phi) is 4.28. The van der Waals surface area contributed by atoms with Crippen molar-refractivity contribution in [3.63, 3.8) is 0 Å². The average molecular weight is 339 g/mol. The van der Waals surface area contributed by atoms with Crippen molar-refractivity contribution in [2.24, 2.45) is 0 Å². The van der Waals surface area contributed by atoms with E-state index in [9.17, 15) is 9.18 Å². The van der Waals surface area contributed by atoms with E-state index in [4.69, 9.17) is 0 Å². The van der Waals surface area contributed by atoms with Crippen LogP contribution in [0, 0.1) is 12.7 Å². The molecule has 15 heavy (non-hydrogen) atoms. The zero-order chi connectivity index (χ0) is 11.6. The molecule has 5 heteroatoms. The molecule has 1 unspecified atom stereocenters. The molecule has 0 bridgehead atoms. The van der Waals surface area contributed by atoms with E-state index in [0.29, 0.717) is 10.2 Å². The lowest BCUT2D eigenvalue weighted by atomic mass is 10.2. The number of amides is 1. The second-order valence-electron chi connectivity index (χ2n) is 3.19. The van der Waals surface area contributed by atoms with Crippen molar-refractivity contribution < 1.29 is 9.18 Å². The number of benzene rings is 1. The van der Waals surface area contributed by atoms with Gasteiger partial charge in [0, 0.05) is 5.69 Å². The second kappa shape index (κ2) is 5.07. The molecule has 0 aliphatic heterocycles. The van der Waals surface area contributed by atoms with E-state index in [1.807, 2.05) is 0 Å². The van der Waals surface area contributed by atoms with Gasteiger partial charge in [0.25, 0.3) is 0 Å². The first-order valence-corrected chi connectivity index (χ1v) is 6.03. The Morgan fingerprint density at radius 1 is 1.53 bits per heavy atom. The highest BCUT2D eigenvalue weighted by Gasteiger charge is 2.11. The first kappa shape index (κ1) is 12.6. The van der Waals surface area contributed by atoms with Crippen LogP contribution in [0.3, 0.4) is 0 Å². The number of carbonyl (C=O) groups is 1. The van der Waals surface area contributed by atoms with Crippen molar-refractivity contribution in [2.45, 2.75) is 18.7 Å². The predicted octanol–water partition coefficient (Wildman–Crippen LogP) is 3.62.